The van der Waals surface area contributed by atoms with Crippen molar-refractivity contribution in [3.63, 3.8) is 0 Å². The van der Waals surface area contributed by atoms with E-state index in [0.717, 1.165) is 56.9 Å². The van der Waals surface area contributed by atoms with Gasteiger partial charge in [0.05, 0.1) is 40.6 Å². The summed E-state index contributed by atoms with van der Waals surface area (Å²) < 4.78 is 33.2. The molecule has 0 aliphatic rings. The first kappa shape index (κ1) is 40.8. The molecule has 0 fully saturated rings. The van der Waals surface area contributed by atoms with Gasteiger partial charge in [0.1, 0.15) is 23.0 Å². The van der Waals surface area contributed by atoms with Gasteiger partial charge in [-0.1, -0.05) is 62.4 Å². The zero-order valence-corrected chi connectivity index (χ0v) is 34.1. The van der Waals surface area contributed by atoms with Gasteiger partial charge < -0.3 is 23.7 Å². The van der Waals surface area contributed by atoms with E-state index in [0.29, 0.717) is 25.7 Å². The largest absolute Gasteiger partial charge is 0.497 e. The van der Waals surface area contributed by atoms with Crippen LogP contribution in [-0.4, -0.2) is 81.1 Å². The van der Waals surface area contributed by atoms with Crippen molar-refractivity contribution in [2.24, 2.45) is 14.1 Å². The van der Waals surface area contributed by atoms with Crippen LogP contribution >= 0.6 is 0 Å². The maximum Gasteiger partial charge on any atom is 0.153 e. The summed E-state index contributed by atoms with van der Waals surface area (Å²) in [5.41, 5.74) is 4.64. The summed E-state index contributed by atoms with van der Waals surface area (Å²) in [7, 11) is 10.5. The van der Waals surface area contributed by atoms with Crippen LogP contribution in [0.2, 0.25) is 0 Å². The SMILES string of the molecule is COc1ccc(C(CC(CC(C)c2nnnn2C)OC(CC(C)c2nnnn2C)CC(c2ccc(OC)cc2)c2ccc(OC)cc2)c2ccc(OC)cc2)cc1. The summed E-state index contributed by atoms with van der Waals surface area (Å²) in [4.78, 5) is 0. The summed E-state index contributed by atoms with van der Waals surface area (Å²) in [5.74, 6) is 4.82. The first-order valence-electron chi connectivity index (χ1n) is 19.3. The molecule has 0 saturated carbocycles. The van der Waals surface area contributed by atoms with Crippen LogP contribution in [0.5, 0.6) is 23.0 Å². The molecule has 6 rings (SSSR count). The highest BCUT2D eigenvalue weighted by atomic mass is 16.5. The van der Waals surface area contributed by atoms with E-state index in [1.54, 1.807) is 37.8 Å². The molecule has 13 heteroatoms. The Labute approximate surface area is 335 Å². The van der Waals surface area contributed by atoms with Gasteiger partial charge in [-0.3, -0.25) is 0 Å². The molecular formula is C44H54N8O5. The van der Waals surface area contributed by atoms with Crippen LogP contribution in [0.3, 0.4) is 0 Å². The lowest BCUT2D eigenvalue weighted by Crippen LogP contribution is -2.29. The number of benzene rings is 4. The molecule has 0 radical (unpaired) electrons. The summed E-state index contributed by atoms with van der Waals surface area (Å²) >= 11 is 0. The van der Waals surface area contributed by atoms with Crippen molar-refractivity contribution < 1.29 is 23.7 Å². The molecule has 4 atom stereocenters. The number of aromatic nitrogens is 8. The highest BCUT2D eigenvalue weighted by Crippen LogP contribution is 2.39. The van der Waals surface area contributed by atoms with Gasteiger partial charge in [-0.2, -0.15) is 0 Å². The molecule has 0 aliphatic carbocycles. The second-order valence-corrected chi connectivity index (χ2v) is 14.6. The zero-order valence-electron chi connectivity index (χ0n) is 34.1. The molecule has 0 aliphatic heterocycles. The Kier molecular flexibility index (Phi) is 13.9. The lowest BCUT2D eigenvalue weighted by Gasteiger charge is -2.33. The molecule has 0 amide bonds. The molecule has 2 aromatic heterocycles. The van der Waals surface area contributed by atoms with E-state index in [1.807, 2.05) is 62.6 Å². The summed E-state index contributed by atoms with van der Waals surface area (Å²) in [5, 5.41) is 25.0. The highest BCUT2D eigenvalue weighted by Gasteiger charge is 2.31. The molecule has 0 bridgehead atoms. The third-order valence-corrected chi connectivity index (χ3v) is 10.9. The van der Waals surface area contributed by atoms with Crippen LogP contribution in [0.4, 0.5) is 0 Å². The maximum atomic E-state index is 7.54. The van der Waals surface area contributed by atoms with E-state index in [1.165, 1.54) is 0 Å². The molecule has 0 saturated heterocycles. The van der Waals surface area contributed by atoms with Gasteiger partial charge in [0, 0.05) is 37.8 Å². The summed E-state index contributed by atoms with van der Waals surface area (Å²) in [6, 6.07) is 33.3. The number of nitrogens with zero attached hydrogens (tertiary/aromatic N) is 8. The summed E-state index contributed by atoms with van der Waals surface area (Å²) in [6.07, 6.45) is 2.33. The van der Waals surface area contributed by atoms with Crippen molar-refractivity contribution in [2.75, 3.05) is 28.4 Å². The first-order chi connectivity index (χ1) is 27.7. The van der Waals surface area contributed by atoms with Gasteiger partial charge >= 0.3 is 0 Å². The van der Waals surface area contributed by atoms with Gasteiger partial charge in [0.15, 0.2) is 11.6 Å². The van der Waals surface area contributed by atoms with E-state index in [9.17, 15) is 0 Å². The maximum absolute atomic E-state index is 7.54. The molecule has 300 valence electrons. The predicted molar refractivity (Wildman–Crippen MR) is 217 cm³/mol. The Morgan fingerprint density at radius 1 is 0.439 bits per heavy atom. The van der Waals surface area contributed by atoms with Crippen LogP contribution < -0.4 is 18.9 Å². The van der Waals surface area contributed by atoms with Gasteiger partial charge in [-0.25, -0.2) is 9.36 Å². The van der Waals surface area contributed by atoms with Crippen molar-refractivity contribution in [1.29, 1.82) is 0 Å². The lowest BCUT2D eigenvalue weighted by atomic mass is 9.83. The fourth-order valence-electron chi connectivity index (χ4n) is 7.79. The van der Waals surface area contributed by atoms with Crippen LogP contribution in [0, 0.1) is 0 Å². The number of methoxy groups -OCH3 is 4. The van der Waals surface area contributed by atoms with Crippen LogP contribution in [0.25, 0.3) is 0 Å². The average molecular weight is 775 g/mol. The minimum absolute atomic E-state index is 0.00220. The number of rotatable bonds is 20. The Bertz CT molecular complexity index is 1860. The van der Waals surface area contributed by atoms with Gasteiger partial charge in [-0.15, -0.1) is 10.2 Å². The molecule has 57 heavy (non-hydrogen) atoms. The molecule has 0 spiro atoms. The topological polar surface area (TPSA) is 133 Å². The Morgan fingerprint density at radius 3 is 0.947 bits per heavy atom. The third kappa shape index (κ3) is 10.3. The van der Waals surface area contributed by atoms with Crippen LogP contribution in [0.15, 0.2) is 97.1 Å². The van der Waals surface area contributed by atoms with Gasteiger partial charge in [0.25, 0.3) is 0 Å². The average Bonchev–Trinajstić information content (AvgIpc) is 3.89. The van der Waals surface area contributed by atoms with E-state index >= 15 is 0 Å². The van der Waals surface area contributed by atoms with E-state index < -0.39 is 0 Å². The lowest BCUT2D eigenvalue weighted by molar-refractivity contribution is -0.0373. The third-order valence-electron chi connectivity index (χ3n) is 10.9. The predicted octanol–water partition coefficient (Wildman–Crippen LogP) is 7.65. The number of ether oxygens (including phenoxy) is 5. The number of tetrazole rings is 2. The van der Waals surface area contributed by atoms with Crippen LogP contribution in [-0.2, 0) is 18.8 Å². The van der Waals surface area contributed by atoms with E-state index in [2.05, 4.69) is 93.4 Å². The monoisotopic (exact) mass is 774 g/mol. The van der Waals surface area contributed by atoms with Crippen molar-refractivity contribution in [1.82, 2.24) is 40.4 Å². The molecular weight excluding hydrogens is 721 g/mol. The standard InChI is InChI=1S/C44H54N8O5/c1-29(43-45-47-49-51(43)3)25-39(27-41(31-9-17-35(53-5)18-10-31)32-11-19-36(54-6)20-12-32)57-40(26-30(2)44-46-48-50-52(44)4)28-42(33-13-21-37(55-7)22-14-33)34-15-23-38(56-8)24-16-34/h9-24,29-30,39-42H,25-28H2,1-8H3. The Balaban J connectivity index is 1.42. The first-order valence-corrected chi connectivity index (χ1v) is 19.3. The smallest absolute Gasteiger partial charge is 0.153 e. The number of hydrogen-bond donors (Lipinski definition) is 0. The van der Waals surface area contributed by atoms with Crippen molar-refractivity contribution in [3.8, 4) is 23.0 Å². The van der Waals surface area contributed by atoms with Crippen molar-refractivity contribution in [2.45, 2.75) is 75.4 Å². The second kappa shape index (κ2) is 19.4. The zero-order chi connectivity index (χ0) is 40.3. The molecule has 6 aromatic rings. The molecule has 4 aromatic carbocycles. The molecule has 4 unspecified atom stereocenters. The molecule has 2 heterocycles. The number of aryl methyl sites for hydroxylation is 2. The van der Waals surface area contributed by atoms with E-state index in [4.69, 9.17) is 23.7 Å². The highest BCUT2D eigenvalue weighted by molar-refractivity contribution is 5.40. The van der Waals surface area contributed by atoms with E-state index in [-0.39, 0.29) is 35.9 Å². The normalized spacial score (nSPS) is 13.6. The van der Waals surface area contributed by atoms with Gasteiger partial charge in [-0.05, 0) is 117 Å². The van der Waals surface area contributed by atoms with Crippen molar-refractivity contribution in [3.05, 3.63) is 131 Å². The van der Waals surface area contributed by atoms with Crippen LogP contribution in [0.1, 0.15) is 97.1 Å². The molecule has 13 nitrogen and oxygen atoms in total. The second-order valence-electron chi connectivity index (χ2n) is 14.6. The minimum Gasteiger partial charge on any atom is -0.497 e. The molecule has 0 N–H and O–H groups in total. The summed E-state index contributed by atoms with van der Waals surface area (Å²) in [6.45, 7) is 4.33. The quantitative estimate of drug-likeness (QED) is 0.0757. The van der Waals surface area contributed by atoms with Gasteiger partial charge in [0.2, 0.25) is 0 Å². The fraction of sp³-hybridized carbons (Fsp3) is 0.409. The Morgan fingerprint density at radius 2 is 0.719 bits per heavy atom. The fourth-order valence-corrected chi connectivity index (χ4v) is 7.79. The number of hydrogen-bond acceptors (Lipinski definition) is 11. The van der Waals surface area contributed by atoms with Crippen molar-refractivity contribution >= 4 is 0 Å². The Hall–Kier alpha value is -5.82. The minimum atomic E-state index is -0.215.